The van der Waals surface area contributed by atoms with Gasteiger partial charge in [-0.2, -0.15) is 9.78 Å². The van der Waals surface area contributed by atoms with Gasteiger partial charge >= 0.3 is 0 Å². The maximum atomic E-state index is 12.6. The highest BCUT2D eigenvalue weighted by atomic mass is 32.2. The summed E-state index contributed by atoms with van der Waals surface area (Å²) >= 11 is 0. The number of nitrogens with zero attached hydrogens (tertiary/aromatic N) is 3. The number of fused-ring (bicyclic) bond motifs is 1. The summed E-state index contributed by atoms with van der Waals surface area (Å²) in [6.45, 7) is 2.61. The van der Waals surface area contributed by atoms with Crippen molar-refractivity contribution in [2.24, 2.45) is 0 Å². The van der Waals surface area contributed by atoms with Gasteiger partial charge in [-0.25, -0.2) is 12.7 Å². The third-order valence-corrected chi connectivity index (χ3v) is 5.99. The van der Waals surface area contributed by atoms with Crippen molar-refractivity contribution < 1.29 is 13.2 Å². The van der Waals surface area contributed by atoms with Gasteiger partial charge in [0.2, 0.25) is 10.0 Å². The molecule has 8 heteroatoms. The molecule has 3 rings (SSSR count). The van der Waals surface area contributed by atoms with Gasteiger partial charge in [0.1, 0.15) is 0 Å². The molecular formula is C15H20N4O3S. The fraction of sp³-hybridized carbons (Fsp3) is 0.467. The van der Waals surface area contributed by atoms with Crippen LogP contribution in [-0.4, -0.2) is 55.1 Å². The Hall–Kier alpha value is -1.77. The SMILES string of the molecule is Cc1nn(C(=O)[C@@H]2CCCN2)c2ccc(S(=O)(=O)N(C)C)cc12. The molecule has 23 heavy (non-hydrogen) atoms. The normalized spacial score (nSPS) is 18.9. The molecule has 0 saturated carbocycles. The molecule has 2 heterocycles. The molecule has 1 N–H and O–H groups in total. The lowest BCUT2D eigenvalue weighted by Crippen LogP contribution is -2.35. The predicted molar refractivity (Wildman–Crippen MR) is 87.0 cm³/mol. The summed E-state index contributed by atoms with van der Waals surface area (Å²) in [6, 6.07) is 4.53. The molecule has 0 spiro atoms. The molecule has 0 unspecified atom stereocenters. The zero-order valence-electron chi connectivity index (χ0n) is 13.4. The van der Waals surface area contributed by atoms with E-state index in [1.54, 1.807) is 19.1 Å². The van der Waals surface area contributed by atoms with E-state index >= 15 is 0 Å². The third-order valence-electron chi connectivity index (χ3n) is 4.18. The Morgan fingerprint density at radius 2 is 2.13 bits per heavy atom. The van der Waals surface area contributed by atoms with Crippen LogP contribution in [0.3, 0.4) is 0 Å². The monoisotopic (exact) mass is 336 g/mol. The Labute approximate surface area is 135 Å². The summed E-state index contributed by atoms with van der Waals surface area (Å²) < 4.78 is 27.1. The van der Waals surface area contributed by atoms with E-state index in [4.69, 9.17) is 0 Å². The van der Waals surface area contributed by atoms with Crippen molar-refractivity contribution in [1.82, 2.24) is 19.4 Å². The van der Waals surface area contributed by atoms with E-state index < -0.39 is 10.0 Å². The molecule has 1 fully saturated rings. The lowest BCUT2D eigenvalue weighted by atomic mass is 10.2. The van der Waals surface area contributed by atoms with Crippen molar-refractivity contribution in [1.29, 1.82) is 0 Å². The Bertz CT molecular complexity index is 864. The molecule has 124 valence electrons. The van der Waals surface area contributed by atoms with Crippen LogP contribution in [0.5, 0.6) is 0 Å². The van der Waals surface area contributed by atoms with Crippen LogP contribution in [0.15, 0.2) is 23.1 Å². The van der Waals surface area contributed by atoms with Gasteiger partial charge in [0.25, 0.3) is 5.91 Å². The summed E-state index contributed by atoms with van der Waals surface area (Å²) in [7, 11) is -0.530. The van der Waals surface area contributed by atoms with E-state index in [2.05, 4.69) is 10.4 Å². The Morgan fingerprint density at radius 3 is 2.74 bits per heavy atom. The molecule has 1 aliphatic rings. The van der Waals surface area contributed by atoms with Crippen LogP contribution < -0.4 is 5.32 Å². The predicted octanol–water partition coefficient (Wildman–Crippen LogP) is 0.987. The Kier molecular flexibility index (Phi) is 3.99. The van der Waals surface area contributed by atoms with E-state index in [0.717, 1.165) is 19.4 Å². The topological polar surface area (TPSA) is 84.3 Å². The fourth-order valence-corrected chi connectivity index (χ4v) is 3.76. The highest BCUT2D eigenvalue weighted by Gasteiger charge is 2.26. The van der Waals surface area contributed by atoms with Crippen LogP contribution >= 0.6 is 0 Å². The molecule has 0 amide bonds. The lowest BCUT2D eigenvalue weighted by Gasteiger charge is -2.12. The third kappa shape index (κ3) is 2.66. The minimum atomic E-state index is -3.51. The van der Waals surface area contributed by atoms with E-state index in [1.165, 1.54) is 29.1 Å². The van der Waals surface area contributed by atoms with Crippen molar-refractivity contribution in [3.8, 4) is 0 Å². The van der Waals surface area contributed by atoms with Gasteiger partial charge in [0, 0.05) is 19.5 Å². The molecule has 7 nitrogen and oxygen atoms in total. The lowest BCUT2D eigenvalue weighted by molar-refractivity contribution is 0.0859. The number of benzene rings is 1. The quantitative estimate of drug-likeness (QED) is 0.903. The van der Waals surface area contributed by atoms with E-state index in [1.807, 2.05) is 0 Å². The first kappa shape index (κ1) is 16.1. The number of sulfonamides is 1. The Morgan fingerprint density at radius 1 is 1.39 bits per heavy atom. The second-order valence-corrected chi connectivity index (χ2v) is 8.10. The Balaban J connectivity index is 2.09. The summed E-state index contributed by atoms with van der Waals surface area (Å²) in [5, 5.41) is 8.17. The van der Waals surface area contributed by atoms with Crippen LogP contribution in [0.2, 0.25) is 0 Å². The number of rotatable bonds is 3. The zero-order chi connectivity index (χ0) is 16.8. The number of hydrogen-bond acceptors (Lipinski definition) is 5. The average molecular weight is 336 g/mol. The minimum absolute atomic E-state index is 0.0937. The maximum Gasteiger partial charge on any atom is 0.264 e. The smallest absolute Gasteiger partial charge is 0.264 e. The first-order chi connectivity index (χ1) is 10.8. The van der Waals surface area contributed by atoms with Gasteiger partial charge in [-0.05, 0) is 44.5 Å². The fourth-order valence-electron chi connectivity index (χ4n) is 2.83. The second kappa shape index (κ2) is 5.70. The number of carbonyl (C=O) groups excluding carboxylic acids is 1. The van der Waals surface area contributed by atoms with Gasteiger partial charge in [0.15, 0.2) is 0 Å². The second-order valence-electron chi connectivity index (χ2n) is 5.95. The number of aromatic nitrogens is 2. The van der Waals surface area contributed by atoms with Crippen molar-refractivity contribution in [3.05, 3.63) is 23.9 Å². The molecule has 1 aromatic carbocycles. The minimum Gasteiger partial charge on any atom is -0.306 e. The maximum absolute atomic E-state index is 12.6. The molecule has 1 saturated heterocycles. The van der Waals surface area contributed by atoms with Gasteiger partial charge in [-0.3, -0.25) is 4.79 Å². The number of aryl methyl sites for hydroxylation is 1. The summed E-state index contributed by atoms with van der Waals surface area (Å²) in [6.07, 6.45) is 1.77. The van der Waals surface area contributed by atoms with E-state index in [0.29, 0.717) is 16.6 Å². The largest absolute Gasteiger partial charge is 0.306 e. The molecular weight excluding hydrogens is 316 g/mol. The number of hydrogen-bond donors (Lipinski definition) is 1. The molecule has 0 radical (unpaired) electrons. The molecule has 2 aromatic rings. The first-order valence-corrected chi connectivity index (χ1v) is 8.96. The molecule has 1 aliphatic heterocycles. The molecule has 1 atom stereocenters. The van der Waals surface area contributed by atoms with Crippen LogP contribution in [-0.2, 0) is 10.0 Å². The molecule has 1 aromatic heterocycles. The van der Waals surface area contributed by atoms with Crippen molar-refractivity contribution >= 4 is 26.8 Å². The summed E-state index contributed by atoms with van der Waals surface area (Å²) in [5.41, 5.74) is 1.28. The molecule has 0 aliphatic carbocycles. The van der Waals surface area contributed by atoms with E-state index in [-0.39, 0.29) is 16.8 Å². The van der Waals surface area contributed by atoms with Crippen LogP contribution in [0.4, 0.5) is 0 Å². The van der Waals surface area contributed by atoms with Crippen molar-refractivity contribution in [2.45, 2.75) is 30.7 Å². The van der Waals surface area contributed by atoms with Gasteiger partial charge < -0.3 is 5.32 Å². The summed E-state index contributed by atoms with van der Waals surface area (Å²) in [5.74, 6) is -0.0937. The first-order valence-electron chi connectivity index (χ1n) is 7.52. The number of carbonyl (C=O) groups is 1. The zero-order valence-corrected chi connectivity index (χ0v) is 14.2. The van der Waals surface area contributed by atoms with Gasteiger partial charge in [0.05, 0.1) is 22.1 Å². The standard InChI is InChI=1S/C15H20N4O3S/c1-10-12-9-11(23(21,22)18(2)3)6-7-14(12)19(17-10)15(20)13-5-4-8-16-13/h6-7,9,13,16H,4-5,8H2,1-3H3/t13-/m0/s1. The summed E-state index contributed by atoms with van der Waals surface area (Å²) in [4.78, 5) is 12.8. The van der Waals surface area contributed by atoms with Crippen molar-refractivity contribution in [2.75, 3.05) is 20.6 Å². The van der Waals surface area contributed by atoms with Crippen LogP contribution in [0.25, 0.3) is 10.9 Å². The average Bonchev–Trinajstić information content (AvgIpc) is 3.15. The van der Waals surface area contributed by atoms with E-state index in [9.17, 15) is 13.2 Å². The molecule has 0 bridgehead atoms. The van der Waals surface area contributed by atoms with Crippen molar-refractivity contribution in [3.63, 3.8) is 0 Å². The number of nitrogens with one attached hydrogen (secondary N) is 1. The highest BCUT2D eigenvalue weighted by Crippen LogP contribution is 2.24. The van der Waals surface area contributed by atoms with Crippen LogP contribution in [0.1, 0.15) is 23.3 Å². The van der Waals surface area contributed by atoms with Gasteiger partial charge in [-0.1, -0.05) is 0 Å². The van der Waals surface area contributed by atoms with Crippen LogP contribution in [0, 0.1) is 6.92 Å². The van der Waals surface area contributed by atoms with Gasteiger partial charge in [-0.15, -0.1) is 0 Å². The highest BCUT2D eigenvalue weighted by molar-refractivity contribution is 7.89.